The van der Waals surface area contributed by atoms with E-state index in [1.54, 1.807) is 12.1 Å². The van der Waals surface area contributed by atoms with Crippen LogP contribution in [0.5, 0.6) is 0 Å². The third-order valence-corrected chi connectivity index (χ3v) is 4.11. The first-order valence-electron chi connectivity index (χ1n) is 5.52. The molecule has 0 radical (unpaired) electrons. The van der Waals surface area contributed by atoms with Gasteiger partial charge in [-0.1, -0.05) is 37.4 Å². The van der Waals surface area contributed by atoms with E-state index in [2.05, 4.69) is 6.92 Å². The van der Waals surface area contributed by atoms with Gasteiger partial charge in [0.25, 0.3) is 0 Å². The molecule has 1 atom stereocenters. The van der Waals surface area contributed by atoms with Crippen molar-refractivity contribution in [2.75, 3.05) is 11.5 Å². The molecular weight excluding hydrogens is 242 g/mol. The van der Waals surface area contributed by atoms with Crippen LogP contribution in [0.4, 0.5) is 5.69 Å². The van der Waals surface area contributed by atoms with Gasteiger partial charge in [-0.25, -0.2) is 0 Å². The molecule has 0 amide bonds. The van der Waals surface area contributed by atoms with Gasteiger partial charge >= 0.3 is 0 Å². The van der Waals surface area contributed by atoms with Crippen LogP contribution < -0.4 is 5.73 Å². The highest BCUT2D eigenvalue weighted by atomic mass is 35.5. The minimum Gasteiger partial charge on any atom is -0.398 e. The van der Waals surface area contributed by atoms with Crippen molar-refractivity contribution in [2.45, 2.75) is 31.9 Å². The fourth-order valence-corrected chi connectivity index (χ4v) is 2.79. The summed E-state index contributed by atoms with van der Waals surface area (Å²) in [6.07, 6.45) is 3.34. The van der Waals surface area contributed by atoms with E-state index < -0.39 is 10.8 Å². The smallest absolute Gasteiger partial charge is 0.0635 e. The Morgan fingerprint density at radius 3 is 2.75 bits per heavy atom. The Kier molecular flexibility index (Phi) is 5.85. The van der Waals surface area contributed by atoms with Crippen LogP contribution in [-0.2, 0) is 16.6 Å². The highest BCUT2D eigenvalue weighted by Crippen LogP contribution is 2.20. The van der Waals surface area contributed by atoms with Gasteiger partial charge in [0.15, 0.2) is 0 Å². The standard InChI is InChI=1S/C12H18ClNOS/c1-2-3-4-7-16(15)9-10-5-6-11(13)12(14)8-10/h5-6,8H,2-4,7,9,14H2,1H3. The molecular formula is C12H18ClNOS. The molecule has 0 aromatic heterocycles. The average molecular weight is 260 g/mol. The predicted molar refractivity (Wildman–Crippen MR) is 72.1 cm³/mol. The minimum absolute atomic E-state index is 0.556. The van der Waals surface area contributed by atoms with Crippen LogP contribution in [0.3, 0.4) is 0 Å². The molecule has 90 valence electrons. The van der Waals surface area contributed by atoms with Gasteiger partial charge in [-0.15, -0.1) is 0 Å². The summed E-state index contributed by atoms with van der Waals surface area (Å²) in [6, 6.07) is 5.45. The molecule has 4 heteroatoms. The van der Waals surface area contributed by atoms with Crippen molar-refractivity contribution in [1.29, 1.82) is 0 Å². The van der Waals surface area contributed by atoms with Crippen LogP contribution in [0.1, 0.15) is 31.7 Å². The van der Waals surface area contributed by atoms with E-state index in [-0.39, 0.29) is 0 Å². The average Bonchev–Trinajstić information content (AvgIpc) is 2.24. The Hall–Kier alpha value is -0.540. The van der Waals surface area contributed by atoms with Gasteiger partial charge in [0, 0.05) is 22.3 Å². The number of hydrogen-bond donors (Lipinski definition) is 1. The van der Waals surface area contributed by atoms with E-state index in [0.717, 1.165) is 30.6 Å². The van der Waals surface area contributed by atoms with Gasteiger partial charge in [0.05, 0.1) is 10.7 Å². The summed E-state index contributed by atoms with van der Waals surface area (Å²) in [5.41, 5.74) is 7.24. The normalized spacial score (nSPS) is 12.6. The van der Waals surface area contributed by atoms with Gasteiger partial charge in [-0.2, -0.15) is 0 Å². The van der Waals surface area contributed by atoms with Crippen molar-refractivity contribution in [3.05, 3.63) is 28.8 Å². The molecule has 0 fully saturated rings. The van der Waals surface area contributed by atoms with Crippen LogP contribution in [0, 0.1) is 0 Å². The van der Waals surface area contributed by atoms with Crippen molar-refractivity contribution in [1.82, 2.24) is 0 Å². The zero-order valence-corrected chi connectivity index (χ0v) is 11.1. The van der Waals surface area contributed by atoms with Crippen molar-refractivity contribution in [3.8, 4) is 0 Å². The predicted octanol–water partition coefficient (Wildman–Crippen LogP) is 3.36. The Labute approximate surface area is 105 Å². The molecule has 1 unspecified atom stereocenters. The SMILES string of the molecule is CCCCCS(=O)Cc1ccc(Cl)c(N)c1. The first kappa shape index (κ1) is 13.5. The number of halogens is 1. The van der Waals surface area contributed by atoms with Crippen molar-refractivity contribution < 1.29 is 4.21 Å². The lowest BCUT2D eigenvalue weighted by atomic mass is 10.2. The third-order valence-electron chi connectivity index (χ3n) is 2.36. The number of benzene rings is 1. The molecule has 1 aromatic carbocycles. The summed E-state index contributed by atoms with van der Waals surface area (Å²) >= 11 is 5.82. The molecule has 0 heterocycles. The zero-order valence-electron chi connectivity index (χ0n) is 9.54. The molecule has 0 aliphatic carbocycles. The maximum atomic E-state index is 11.7. The van der Waals surface area contributed by atoms with Crippen LogP contribution in [0.15, 0.2) is 18.2 Å². The minimum atomic E-state index is -0.786. The largest absolute Gasteiger partial charge is 0.398 e. The second-order valence-electron chi connectivity index (χ2n) is 3.85. The molecule has 2 N–H and O–H groups in total. The second kappa shape index (κ2) is 6.92. The molecule has 0 saturated carbocycles. The van der Waals surface area contributed by atoms with Crippen LogP contribution >= 0.6 is 11.6 Å². The molecule has 16 heavy (non-hydrogen) atoms. The van der Waals surface area contributed by atoms with Gasteiger partial charge in [-0.3, -0.25) is 4.21 Å². The highest BCUT2D eigenvalue weighted by molar-refractivity contribution is 7.84. The quantitative estimate of drug-likeness (QED) is 0.629. The first-order chi connectivity index (χ1) is 7.63. The van der Waals surface area contributed by atoms with Gasteiger partial charge in [-0.05, 0) is 24.1 Å². The lowest BCUT2D eigenvalue weighted by Crippen LogP contribution is -2.01. The van der Waals surface area contributed by atoms with E-state index in [0.29, 0.717) is 16.5 Å². The maximum absolute atomic E-state index is 11.7. The summed E-state index contributed by atoms with van der Waals surface area (Å²) in [7, 11) is -0.786. The number of nitrogen functional groups attached to an aromatic ring is 1. The summed E-state index contributed by atoms with van der Waals surface area (Å²) < 4.78 is 11.7. The molecule has 1 rings (SSSR count). The van der Waals surface area contributed by atoms with Crippen molar-refractivity contribution in [2.24, 2.45) is 0 Å². The van der Waals surface area contributed by atoms with E-state index in [9.17, 15) is 4.21 Å². The molecule has 0 aliphatic heterocycles. The van der Waals surface area contributed by atoms with Crippen LogP contribution in [-0.4, -0.2) is 9.96 Å². The summed E-state index contributed by atoms with van der Waals surface area (Å²) in [4.78, 5) is 0. The maximum Gasteiger partial charge on any atom is 0.0635 e. The number of nitrogens with two attached hydrogens (primary N) is 1. The Balaban J connectivity index is 2.46. The lowest BCUT2D eigenvalue weighted by molar-refractivity contribution is 0.676. The first-order valence-corrected chi connectivity index (χ1v) is 7.39. The van der Waals surface area contributed by atoms with Crippen molar-refractivity contribution in [3.63, 3.8) is 0 Å². The molecule has 0 aliphatic rings. The molecule has 1 aromatic rings. The van der Waals surface area contributed by atoms with Gasteiger partial charge < -0.3 is 5.73 Å². The Bertz CT molecular complexity index is 368. The third kappa shape index (κ3) is 4.54. The summed E-state index contributed by atoms with van der Waals surface area (Å²) in [6.45, 7) is 2.14. The van der Waals surface area contributed by atoms with Gasteiger partial charge in [0.2, 0.25) is 0 Å². The Morgan fingerprint density at radius 2 is 2.12 bits per heavy atom. The van der Waals surface area contributed by atoms with E-state index in [1.165, 1.54) is 0 Å². The topological polar surface area (TPSA) is 43.1 Å². The Morgan fingerprint density at radius 1 is 1.38 bits per heavy atom. The molecule has 2 nitrogen and oxygen atoms in total. The molecule has 0 saturated heterocycles. The summed E-state index contributed by atoms with van der Waals surface area (Å²) in [5.74, 6) is 1.35. The van der Waals surface area contributed by atoms with Gasteiger partial charge in [0.1, 0.15) is 0 Å². The molecule has 0 bridgehead atoms. The number of anilines is 1. The van der Waals surface area contributed by atoms with E-state index in [4.69, 9.17) is 17.3 Å². The second-order valence-corrected chi connectivity index (χ2v) is 5.84. The monoisotopic (exact) mass is 259 g/mol. The summed E-state index contributed by atoms with van der Waals surface area (Å²) in [5, 5.41) is 0.556. The fourth-order valence-electron chi connectivity index (χ4n) is 1.45. The number of unbranched alkanes of at least 4 members (excludes halogenated alkanes) is 2. The lowest BCUT2D eigenvalue weighted by Gasteiger charge is -2.04. The van der Waals surface area contributed by atoms with Crippen molar-refractivity contribution >= 4 is 28.1 Å². The highest BCUT2D eigenvalue weighted by Gasteiger charge is 2.03. The van der Waals surface area contributed by atoms with E-state index in [1.807, 2.05) is 6.07 Å². The number of rotatable bonds is 6. The van der Waals surface area contributed by atoms with E-state index >= 15 is 0 Å². The van der Waals surface area contributed by atoms with Crippen LogP contribution in [0.2, 0.25) is 5.02 Å². The number of hydrogen-bond acceptors (Lipinski definition) is 2. The van der Waals surface area contributed by atoms with Crippen LogP contribution in [0.25, 0.3) is 0 Å². The zero-order chi connectivity index (χ0) is 12.0. The molecule has 0 spiro atoms. The fraction of sp³-hybridized carbons (Fsp3) is 0.500.